The number of hydrogen-bond donors (Lipinski definition) is 2. The molecule has 2 N–H and O–H groups in total. The Hall–Kier alpha value is -4.06. The molecule has 222 valence electrons. The number of carbonyl (C=O) groups is 3. The van der Waals surface area contributed by atoms with Crippen molar-refractivity contribution in [1.82, 2.24) is 34.6 Å². The summed E-state index contributed by atoms with van der Waals surface area (Å²) in [6, 6.07) is 5.44. The molecule has 1 saturated carbocycles. The van der Waals surface area contributed by atoms with Crippen LogP contribution in [0.1, 0.15) is 79.8 Å². The lowest BCUT2D eigenvalue weighted by Gasteiger charge is -2.34. The number of rotatable bonds is 6. The monoisotopic (exact) mass is 574 g/mol. The fraction of sp³-hybridized carbons (Fsp3) is 0.533. The summed E-state index contributed by atoms with van der Waals surface area (Å²) in [6.45, 7) is 6.33. The Morgan fingerprint density at radius 3 is 2.52 bits per heavy atom. The van der Waals surface area contributed by atoms with Gasteiger partial charge in [0.25, 0.3) is 11.8 Å². The first kappa shape index (κ1) is 28.1. The molecule has 2 amide bonds. The third-order valence-electron chi connectivity index (χ3n) is 8.33. The zero-order valence-electron chi connectivity index (χ0n) is 24.8. The molecule has 3 fully saturated rings. The van der Waals surface area contributed by atoms with E-state index in [2.05, 4.69) is 25.2 Å². The van der Waals surface area contributed by atoms with E-state index in [0.717, 1.165) is 31.1 Å². The molecule has 1 unspecified atom stereocenters. The third kappa shape index (κ3) is 5.08. The second kappa shape index (κ2) is 10.3. The summed E-state index contributed by atoms with van der Waals surface area (Å²) < 4.78 is 7.71. The van der Waals surface area contributed by atoms with Crippen molar-refractivity contribution in [2.45, 2.75) is 76.1 Å². The fourth-order valence-electron chi connectivity index (χ4n) is 6.32. The van der Waals surface area contributed by atoms with Crippen LogP contribution in [0.3, 0.4) is 0 Å². The average molecular weight is 575 g/mol. The highest BCUT2D eigenvalue weighted by molar-refractivity contribution is 5.98. The summed E-state index contributed by atoms with van der Waals surface area (Å²) in [5, 5.41) is 7.23. The highest BCUT2D eigenvalue weighted by Gasteiger charge is 2.57. The van der Waals surface area contributed by atoms with Crippen LogP contribution >= 0.6 is 0 Å². The fourth-order valence-corrected chi connectivity index (χ4v) is 6.32. The predicted octanol–water partition coefficient (Wildman–Crippen LogP) is 3.29. The molecule has 0 radical (unpaired) electrons. The van der Waals surface area contributed by atoms with E-state index in [9.17, 15) is 14.4 Å². The van der Waals surface area contributed by atoms with Gasteiger partial charge in [0.05, 0.1) is 12.1 Å². The number of pyridine rings is 1. The summed E-state index contributed by atoms with van der Waals surface area (Å²) in [4.78, 5) is 56.3. The Labute approximate surface area is 244 Å². The van der Waals surface area contributed by atoms with E-state index in [0.29, 0.717) is 41.6 Å². The Morgan fingerprint density at radius 2 is 1.86 bits per heavy atom. The number of hydrogen-bond acceptors (Lipinski definition) is 9. The second-order valence-electron chi connectivity index (χ2n) is 12.8. The van der Waals surface area contributed by atoms with Gasteiger partial charge >= 0.3 is 5.97 Å². The van der Waals surface area contributed by atoms with Crippen LogP contribution in [0.15, 0.2) is 30.6 Å². The highest BCUT2D eigenvalue weighted by Crippen LogP contribution is 2.37. The van der Waals surface area contributed by atoms with Crippen molar-refractivity contribution in [3.05, 3.63) is 41.9 Å². The van der Waals surface area contributed by atoms with E-state index in [4.69, 9.17) is 9.72 Å². The molecule has 5 heterocycles. The molecule has 42 heavy (non-hydrogen) atoms. The van der Waals surface area contributed by atoms with Gasteiger partial charge in [-0.25, -0.2) is 14.8 Å². The van der Waals surface area contributed by atoms with Crippen molar-refractivity contribution in [3.63, 3.8) is 0 Å². The van der Waals surface area contributed by atoms with Crippen molar-refractivity contribution in [1.29, 1.82) is 0 Å². The van der Waals surface area contributed by atoms with Gasteiger partial charge in [-0.2, -0.15) is 4.98 Å². The van der Waals surface area contributed by atoms with Crippen molar-refractivity contribution in [2.24, 2.45) is 0 Å². The summed E-state index contributed by atoms with van der Waals surface area (Å²) in [5.74, 6) is 0.299. The molecule has 6 rings (SSSR count). The SMILES string of the molecule is CN(C)C(=O)c1cc2cnc(Nc3ccc(C(=O)N4C[C@]5(C(=O)OC(C)(C)C)CC4CN5)cn3)nc2n1C1CCCC1. The van der Waals surface area contributed by atoms with Crippen LogP contribution < -0.4 is 10.6 Å². The van der Waals surface area contributed by atoms with Crippen molar-refractivity contribution >= 4 is 40.6 Å². The lowest BCUT2D eigenvalue weighted by Crippen LogP contribution is -2.58. The molecule has 3 aromatic heterocycles. The predicted molar refractivity (Wildman–Crippen MR) is 157 cm³/mol. The van der Waals surface area contributed by atoms with Gasteiger partial charge in [0.2, 0.25) is 5.95 Å². The molecule has 0 aromatic carbocycles. The number of anilines is 2. The zero-order chi connectivity index (χ0) is 29.8. The normalized spacial score (nSPS) is 22.1. The summed E-state index contributed by atoms with van der Waals surface area (Å²) in [5.41, 5.74) is 0.300. The number of piperazine rings is 1. The molecule has 3 aromatic rings. The number of nitrogens with zero attached hydrogens (tertiary/aromatic N) is 6. The molecule has 1 aliphatic carbocycles. The molecule has 2 aliphatic heterocycles. The van der Waals surface area contributed by atoms with Crippen LogP contribution in [-0.2, 0) is 9.53 Å². The lowest BCUT2D eigenvalue weighted by molar-refractivity contribution is -0.162. The Kier molecular flexibility index (Phi) is 6.91. The van der Waals surface area contributed by atoms with Gasteiger partial charge < -0.3 is 24.4 Å². The standard InChI is InChI=1S/C30H38N8O4/c1-29(2,3)42-27(41)30-13-21(16-33-30)37(17-30)25(39)18-10-11-23(31-14-18)34-28-32-15-19-12-22(26(40)36(4)5)38(24(19)35-28)20-8-6-7-9-20/h10-12,14-15,20-21,33H,6-9,13,16-17H2,1-5H3,(H,31,32,34,35)/t21?,30-/m0/s1. The maximum atomic E-state index is 13.4. The maximum absolute atomic E-state index is 13.4. The molecule has 12 heteroatoms. The quantitative estimate of drug-likeness (QED) is 0.425. The number of amides is 2. The number of likely N-dealkylation sites (tertiary alicyclic amines) is 1. The van der Waals surface area contributed by atoms with Crippen LogP contribution in [0.5, 0.6) is 0 Å². The zero-order valence-corrected chi connectivity index (χ0v) is 24.8. The number of aromatic nitrogens is 4. The highest BCUT2D eigenvalue weighted by atomic mass is 16.6. The Bertz CT molecular complexity index is 1540. The van der Waals surface area contributed by atoms with E-state index in [-0.39, 0.29) is 36.4 Å². The summed E-state index contributed by atoms with van der Waals surface area (Å²) in [7, 11) is 3.50. The van der Waals surface area contributed by atoms with E-state index in [1.165, 1.54) is 6.20 Å². The summed E-state index contributed by atoms with van der Waals surface area (Å²) in [6.07, 6.45) is 8.05. The molecule has 2 saturated heterocycles. The molecule has 0 spiro atoms. The largest absolute Gasteiger partial charge is 0.459 e. The van der Waals surface area contributed by atoms with E-state index in [1.54, 1.807) is 42.2 Å². The molecule has 2 atom stereocenters. The van der Waals surface area contributed by atoms with Gasteiger partial charge in [-0.15, -0.1) is 0 Å². The number of ether oxygens (including phenoxy) is 1. The van der Waals surface area contributed by atoms with Crippen molar-refractivity contribution < 1.29 is 19.1 Å². The number of nitrogens with one attached hydrogen (secondary N) is 2. The van der Waals surface area contributed by atoms with Gasteiger partial charge in [-0.1, -0.05) is 12.8 Å². The first-order valence-corrected chi connectivity index (χ1v) is 14.6. The number of carbonyl (C=O) groups excluding carboxylic acids is 3. The minimum Gasteiger partial charge on any atom is -0.459 e. The number of fused-ring (bicyclic) bond motifs is 3. The Balaban J connectivity index is 1.19. The van der Waals surface area contributed by atoms with Crippen LogP contribution in [-0.4, -0.2) is 91.5 Å². The van der Waals surface area contributed by atoms with Crippen molar-refractivity contribution in [3.8, 4) is 0 Å². The molecular weight excluding hydrogens is 536 g/mol. The second-order valence-corrected chi connectivity index (χ2v) is 12.8. The van der Waals surface area contributed by atoms with E-state index < -0.39 is 11.1 Å². The first-order valence-electron chi connectivity index (χ1n) is 14.6. The average Bonchev–Trinajstić information content (AvgIpc) is 3.75. The van der Waals surface area contributed by atoms with Gasteiger partial charge in [-0.3, -0.25) is 14.9 Å². The van der Waals surface area contributed by atoms with Gasteiger partial charge in [-0.05, 0) is 58.2 Å². The van der Waals surface area contributed by atoms with E-state index >= 15 is 0 Å². The smallest absolute Gasteiger partial charge is 0.328 e. The van der Waals surface area contributed by atoms with Crippen LogP contribution in [0.2, 0.25) is 0 Å². The van der Waals surface area contributed by atoms with Crippen molar-refractivity contribution in [2.75, 3.05) is 32.5 Å². The maximum Gasteiger partial charge on any atom is 0.328 e. The van der Waals surface area contributed by atoms with Gasteiger partial charge in [0.15, 0.2) is 0 Å². The lowest BCUT2D eigenvalue weighted by atomic mass is 10.00. The van der Waals surface area contributed by atoms with Crippen LogP contribution in [0, 0.1) is 0 Å². The third-order valence-corrected chi connectivity index (χ3v) is 8.33. The minimum absolute atomic E-state index is 0.0599. The first-order chi connectivity index (χ1) is 19.9. The Morgan fingerprint density at radius 1 is 1.10 bits per heavy atom. The molecule has 2 bridgehead atoms. The topological polar surface area (TPSA) is 135 Å². The summed E-state index contributed by atoms with van der Waals surface area (Å²) >= 11 is 0. The van der Waals surface area contributed by atoms with Crippen LogP contribution in [0.25, 0.3) is 11.0 Å². The molecular formula is C30H38N8O4. The van der Waals surface area contributed by atoms with E-state index in [1.807, 2.05) is 26.8 Å². The molecule has 3 aliphatic rings. The van der Waals surface area contributed by atoms with Crippen LogP contribution in [0.4, 0.5) is 11.8 Å². The number of esters is 1. The minimum atomic E-state index is -0.869. The van der Waals surface area contributed by atoms with Gasteiger partial charge in [0.1, 0.15) is 28.3 Å². The molecule has 12 nitrogen and oxygen atoms in total. The van der Waals surface area contributed by atoms with Gasteiger partial charge in [0, 0.05) is 50.5 Å².